The van der Waals surface area contributed by atoms with Gasteiger partial charge in [-0.05, 0) is 34.6 Å². The highest BCUT2D eigenvalue weighted by atomic mass is 16.6. The minimum Gasteiger partial charge on any atom is -0.458 e. The SMILES string of the molecule is CC(C)(C)OC(=O)C(C)(C)n1cc(CN)nn1. The molecule has 0 atom stereocenters. The lowest BCUT2D eigenvalue weighted by Gasteiger charge is -2.28. The largest absolute Gasteiger partial charge is 0.458 e. The van der Waals surface area contributed by atoms with Crippen molar-refractivity contribution in [1.82, 2.24) is 15.0 Å². The summed E-state index contributed by atoms with van der Waals surface area (Å²) >= 11 is 0. The van der Waals surface area contributed by atoms with Crippen LogP contribution in [0.1, 0.15) is 40.3 Å². The maximum atomic E-state index is 12.0. The van der Waals surface area contributed by atoms with Gasteiger partial charge in [0.2, 0.25) is 0 Å². The molecule has 1 heterocycles. The minimum atomic E-state index is -0.895. The molecule has 0 saturated heterocycles. The van der Waals surface area contributed by atoms with Gasteiger partial charge in [0.25, 0.3) is 0 Å². The van der Waals surface area contributed by atoms with Crippen LogP contribution in [0.3, 0.4) is 0 Å². The van der Waals surface area contributed by atoms with E-state index in [9.17, 15) is 4.79 Å². The normalized spacial score (nSPS) is 12.6. The molecule has 0 bridgehead atoms. The Morgan fingerprint density at radius 3 is 2.41 bits per heavy atom. The summed E-state index contributed by atoms with van der Waals surface area (Å²) in [7, 11) is 0. The first-order valence-electron chi connectivity index (χ1n) is 5.52. The molecule has 0 saturated carbocycles. The van der Waals surface area contributed by atoms with Crippen molar-refractivity contribution < 1.29 is 9.53 Å². The summed E-state index contributed by atoms with van der Waals surface area (Å²) in [6.45, 7) is 9.24. The zero-order chi connectivity index (χ0) is 13.3. The van der Waals surface area contributed by atoms with Gasteiger partial charge < -0.3 is 10.5 Å². The van der Waals surface area contributed by atoms with E-state index in [0.29, 0.717) is 12.2 Å². The molecule has 1 aromatic rings. The molecule has 0 radical (unpaired) electrons. The van der Waals surface area contributed by atoms with Crippen LogP contribution in [0.15, 0.2) is 6.20 Å². The Bertz CT molecular complexity index is 404. The minimum absolute atomic E-state index is 0.296. The maximum Gasteiger partial charge on any atom is 0.334 e. The van der Waals surface area contributed by atoms with Crippen LogP contribution >= 0.6 is 0 Å². The highest BCUT2D eigenvalue weighted by molar-refractivity contribution is 5.78. The molecule has 0 unspecified atom stereocenters. The fraction of sp³-hybridized carbons (Fsp3) is 0.727. The van der Waals surface area contributed by atoms with E-state index in [-0.39, 0.29) is 5.97 Å². The number of carbonyl (C=O) groups excluding carboxylic acids is 1. The van der Waals surface area contributed by atoms with Crippen LogP contribution in [0.5, 0.6) is 0 Å². The molecule has 17 heavy (non-hydrogen) atoms. The van der Waals surface area contributed by atoms with E-state index in [2.05, 4.69) is 10.3 Å². The summed E-state index contributed by atoms with van der Waals surface area (Å²) in [5.74, 6) is -0.349. The summed E-state index contributed by atoms with van der Waals surface area (Å²) in [6, 6.07) is 0. The lowest BCUT2D eigenvalue weighted by atomic mass is 10.1. The fourth-order valence-electron chi connectivity index (χ4n) is 1.16. The van der Waals surface area contributed by atoms with E-state index in [4.69, 9.17) is 10.5 Å². The van der Waals surface area contributed by atoms with Crippen molar-refractivity contribution in [2.24, 2.45) is 5.73 Å². The van der Waals surface area contributed by atoms with E-state index in [0.717, 1.165) is 0 Å². The van der Waals surface area contributed by atoms with E-state index in [1.54, 1.807) is 20.0 Å². The molecule has 6 nitrogen and oxygen atoms in total. The molecule has 6 heteroatoms. The van der Waals surface area contributed by atoms with Crippen LogP contribution in [-0.4, -0.2) is 26.6 Å². The van der Waals surface area contributed by atoms with E-state index in [1.807, 2.05) is 20.8 Å². The second-order valence-corrected chi connectivity index (χ2v) is 5.42. The first-order valence-corrected chi connectivity index (χ1v) is 5.52. The third kappa shape index (κ3) is 3.26. The first-order chi connectivity index (χ1) is 7.66. The molecule has 0 aliphatic carbocycles. The van der Waals surface area contributed by atoms with Gasteiger partial charge in [0.1, 0.15) is 5.60 Å². The Hall–Kier alpha value is -1.43. The number of nitrogens with zero attached hydrogens (tertiary/aromatic N) is 3. The number of esters is 1. The predicted molar refractivity (Wildman–Crippen MR) is 63.1 cm³/mol. The van der Waals surface area contributed by atoms with E-state index >= 15 is 0 Å². The summed E-state index contributed by atoms with van der Waals surface area (Å²) in [4.78, 5) is 12.0. The van der Waals surface area contributed by atoms with Gasteiger partial charge in [0, 0.05) is 6.54 Å². The Kier molecular flexibility index (Phi) is 3.56. The van der Waals surface area contributed by atoms with Gasteiger partial charge >= 0.3 is 5.97 Å². The molecular weight excluding hydrogens is 220 g/mol. The average Bonchev–Trinajstić information content (AvgIpc) is 2.63. The van der Waals surface area contributed by atoms with Crippen LogP contribution in [-0.2, 0) is 21.6 Å². The quantitative estimate of drug-likeness (QED) is 0.791. The fourth-order valence-corrected chi connectivity index (χ4v) is 1.16. The number of carbonyl (C=O) groups is 1. The van der Waals surface area contributed by atoms with Gasteiger partial charge in [-0.1, -0.05) is 5.21 Å². The van der Waals surface area contributed by atoms with Gasteiger partial charge in [0.15, 0.2) is 5.54 Å². The monoisotopic (exact) mass is 240 g/mol. The molecule has 2 N–H and O–H groups in total. The summed E-state index contributed by atoms with van der Waals surface area (Å²) in [6.07, 6.45) is 1.66. The molecule has 0 fully saturated rings. The molecule has 1 aromatic heterocycles. The second kappa shape index (κ2) is 4.44. The Balaban J connectivity index is 2.90. The van der Waals surface area contributed by atoms with Crippen molar-refractivity contribution >= 4 is 5.97 Å². The first kappa shape index (κ1) is 13.6. The third-order valence-electron chi connectivity index (χ3n) is 2.22. The zero-order valence-electron chi connectivity index (χ0n) is 11.0. The highest BCUT2D eigenvalue weighted by Gasteiger charge is 2.35. The summed E-state index contributed by atoms with van der Waals surface area (Å²) in [5.41, 5.74) is 4.68. The Morgan fingerprint density at radius 2 is 2.00 bits per heavy atom. The molecule has 1 rings (SSSR count). The predicted octanol–water partition coefficient (Wildman–Crippen LogP) is 0.814. The van der Waals surface area contributed by atoms with Crippen LogP contribution in [0.4, 0.5) is 0 Å². The Morgan fingerprint density at radius 1 is 1.41 bits per heavy atom. The molecule has 0 aromatic carbocycles. The van der Waals surface area contributed by atoms with Crippen LogP contribution in [0.2, 0.25) is 0 Å². The smallest absolute Gasteiger partial charge is 0.334 e. The van der Waals surface area contributed by atoms with Gasteiger partial charge in [-0.25, -0.2) is 9.48 Å². The van der Waals surface area contributed by atoms with Crippen molar-refractivity contribution in [3.63, 3.8) is 0 Å². The van der Waals surface area contributed by atoms with Gasteiger partial charge in [-0.2, -0.15) is 0 Å². The van der Waals surface area contributed by atoms with Crippen molar-refractivity contribution in [3.8, 4) is 0 Å². The van der Waals surface area contributed by atoms with Gasteiger partial charge in [0.05, 0.1) is 11.9 Å². The molecule has 0 amide bonds. The number of hydrogen-bond donors (Lipinski definition) is 1. The summed E-state index contributed by atoms with van der Waals surface area (Å²) < 4.78 is 6.82. The highest BCUT2D eigenvalue weighted by Crippen LogP contribution is 2.20. The van der Waals surface area contributed by atoms with Crippen LogP contribution in [0, 0.1) is 0 Å². The standard InChI is InChI=1S/C11H20N4O2/c1-10(2,3)17-9(16)11(4,5)15-7-8(6-12)13-14-15/h7H,6,12H2,1-5H3. The summed E-state index contributed by atoms with van der Waals surface area (Å²) in [5, 5.41) is 7.76. The second-order valence-electron chi connectivity index (χ2n) is 5.42. The average molecular weight is 240 g/mol. The van der Waals surface area contributed by atoms with Gasteiger partial charge in [-0.3, -0.25) is 0 Å². The maximum absolute atomic E-state index is 12.0. The molecule has 0 aliphatic heterocycles. The number of hydrogen-bond acceptors (Lipinski definition) is 5. The third-order valence-corrected chi connectivity index (χ3v) is 2.22. The molecular formula is C11H20N4O2. The van der Waals surface area contributed by atoms with Crippen molar-refractivity contribution in [1.29, 1.82) is 0 Å². The number of aromatic nitrogens is 3. The lowest BCUT2D eigenvalue weighted by molar-refractivity contribution is -0.164. The lowest BCUT2D eigenvalue weighted by Crippen LogP contribution is -2.41. The Labute approximate surface area is 101 Å². The molecule has 96 valence electrons. The number of rotatable bonds is 3. The molecule has 0 aliphatic rings. The van der Waals surface area contributed by atoms with E-state index < -0.39 is 11.1 Å². The number of ether oxygens (including phenoxy) is 1. The number of nitrogens with two attached hydrogens (primary N) is 1. The topological polar surface area (TPSA) is 83.0 Å². The van der Waals surface area contributed by atoms with Crippen LogP contribution in [0.25, 0.3) is 0 Å². The van der Waals surface area contributed by atoms with E-state index in [1.165, 1.54) is 4.68 Å². The van der Waals surface area contributed by atoms with Crippen molar-refractivity contribution in [3.05, 3.63) is 11.9 Å². The van der Waals surface area contributed by atoms with Gasteiger partial charge in [-0.15, -0.1) is 5.10 Å². The molecule has 0 spiro atoms. The van der Waals surface area contributed by atoms with Crippen molar-refractivity contribution in [2.75, 3.05) is 0 Å². The van der Waals surface area contributed by atoms with Crippen LogP contribution < -0.4 is 5.73 Å². The van der Waals surface area contributed by atoms with Crippen molar-refractivity contribution in [2.45, 2.75) is 52.3 Å². The zero-order valence-corrected chi connectivity index (χ0v) is 11.0.